The Morgan fingerprint density at radius 1 is 1.29 bits per heavy atom. The summed E-state index contributed by atoms with van der Waals surface area (Å²) in [6, 6.07) is 6.87. The highest BCUT2D eigenvalue weighted by Gasteiger charge is 2.45. The van der Waals surface area contributed by atoms with Gasteiger partial charge in [-0.2, -0.15) is 0 Å². The van der Waals surface area contributed by atoms with E-state index in [-0.39, 0.29) is 6.61 Å². The van der Waals surface area contributed by atoms with Crippen molar-refractivity contribution in [3.8, 4) is 0 Å². The van der Waals surface area contributed by atoms with Crippen molar-refractivity contribution in [2.24, 2.45) is 0 Å². The first-order valence-corrected chi connectivity index (χ1v) is 6.43. The van der Waals surface area contributed by atoms with Gasteiger partial charge in [0, 0.05) is 0 Å². The maximum absolute atomic E-state index is 12.0. The lowest BCUT2D eigenvalue weighted by atomic mass is 10.1. The SMILES string of the molecule is COC(=O)[C@@H]1NC(=O)N(C(=O)OCc2ccccc2)[C@H]1C. The van der Waals surface area contributed by atoms with Gasteiger partial charge in [0.1, 0.15) is 12.6 Å². The lowest BCUT2D eigenvalue weighted by molar-refractivity contribution is -0.143. The minimum Gasteiger partial charge on any atom is -0.467 e. The highest BCUT2D eigenvalue weighted by Crippen LogP contribution is 2.16. The van der Waals surface area contributed by atoms with Gasteiger partial charge in [-0.05, 0) is 12.5 Å². The van der Waals surface area contributed by atoms with Crippen LogP contribution in [0.2, 0.25) is 0 Å². The van der Waals surface area contributed by atoms with Crippen LogP contribution in [0.15, 0.2) is 30.3 Å². The average molecular weight is 292 g/mol. The molecule has 1 aliphatic heterocycles. The molecule has 2 atom stereocenters. The lowest BCUT2D eigenvalue weighted by Crippen LogP contribution is -2.42. The van der Waals surface area contributed by atoms with Crippen molar-refractivity contribution in [3.05, 3.63) is 35.9 Å². The number of nitrogens with zero attached hydrogens (tertiary/aromatic N) is 1. The predicted molar refractivity (Wildman–Crippen MR) is 72.3 cm³/mol. The van der Waals surface area contributed by atoms with Gasteiger partial charge in [-0.25, -0.2) is 19.3 Å². The molecular formula is C14H16N2O5. The average Bonchev–Trinajstić information content (AvgIpc) is 2.80. The van der Waals surface area contributed by atoms with Gasteiger partial charge < -0.3 is 14.8 Å². The summed E-state index contributed by atoms with van der Waals surface area (Å²) < 4.78 is 9.67. The molecule has 3 amide bonds. The Labute approximate surface area is 121 Å². The number of imide groups is 1. The number of amides is 3. The molecule has 0 bridgehead atoms. The van der Waals surface area contributed by atoms with Gasteiger partial charge in [0.05, 0.1) is 13.2 Å². The normalized spacial score (nSPS) is 20.9. The second kappa shape index (κ2) is 6.25. The first-order chi connectivity index (χ1) is 10.0. The van der Waals surface area contributed by atoms with Crippen LogP contribution >= 0.6 is 0 Å². The Kier molecular flexibility index (Phi) is 4.42. The summed E-state index contributed by atoms with van der Waals surface area (Å²) in [5.74, 6) is -0.603. The zero-order chi connectivity index (χ0) is 15.4. The van der Waals surface area contributed by atoms with Gasteiger partial charge in [0.2, 0.25) is 0 Å². The van der Waals surface area contributed by atoms with E-state index in [2.05, 4.69) is 10.1 Å². The molecule has 7 heteroatoms. The molecule has 0 unspecified atom stereocenters. The molecule has 1 fully saturated rings. The Morgan fingerprint density at radius 3 is 2.57 bits per heavy atom. The van der Waals surface area contributed by atoms with E-state index in [4.69, 9.17) is 4.74 Å². The monoisotopic (exact) mass is 292 g/mol. The van der Waals surface area contributed by atoms with Gasteiger partial charge in [0.25, 0.3) is 0 Å². The number of methoxy groups -OCH3 is 1. The third-order valence-electron chi connectivity index (χ3n) is 3.24. The third kappa shape index (κ3) is 3.13. The van der Waals surface area contributed by atoms with Gasteiger partial charge in [-0.15, -0.1) is 0 Å². The highest BCUT2D eigenvalue weighted by molar-refractivity contribution is 5.97. The molecule has 1 saturated heterocycles. The van der Waals surface area contributed by atoms with Crippen molar-refractivity contribution in [2.45, 2.75) is 25.6 Å². The number of nitrogens with one attached hydrogen (secondary N) is 1. The molecule has 1 heterocycles. The molecule has 1 aliphatic rings. The molecular weight excluding hydrogens is 276 g/mol. The van der Waals surface area contributed by atoms with E-state index < -0.39 is 30.2 Å². The van der Waals surface area contributed by atoms with Crippen molar-refractivity contribution in [2.75, 3.05) is 7.11 Å². The van der Waals surface area contributed by atoms with E-state index in [0.717, 1.165) is 10.5 Å². The van der Waals surface area contributed by atoms with Gasteiger partial charge in [-0.1, -0.05) is 30.3 Å². The highest BCUT2D eigenvalue weighted by atomic mass is 16.6. The Hall–Kier alpha value is -2.57. The zero-order valence-electron chi connectivity index (χ0n) is 11.7. The molecule has 1 aromatic carbocycles. The van der Waals surface area contributed by atoms with E-state index in [1.54, 1.807) is 19.1 Å². The summed E-state index contributed by atoms with van der Waals surface area (Å²) in [6.45, 7) is 1.63. The fourth-order valence-electron chi connectivity index (χ4n) is 2.08. The molecule has 21 heavy (non-hydrogen) atoms. The van der Waals surface area contributed by atoms with Crippen LogP contribution in [0.4, 0.5) is 9.59 Å². The summed E-state index contributed by atoms with van der Waals surface area (Å²) in [5, 5.41) is 2.40. The van der Waals surface area contributed by atoms with Gasteiger partial charge in [0.15, 0.2) is 0 Å². The number of benzene rings is 1. The summed E-state index contributed by atoms with van der Waals surface area (Å²) in [7, 11) is 1.22. The molecule has 2 rings (SSSR count). The summed E-state index contributed by atoms with van der Waals surface area (Å²) in [6.07, 6.45) is -0.796. The standard InChI is InChI=1S/C14H16N2O5/c1-9-11(12(17)20-2)15-13(18)16(9)14(19)21-8-10-6-4-3-5-7-10/h3-7,9,11H,8H2,1-2H3,(H,15,18)/t9-,11+/m0/s1. The zero-order valence-corrected chi connectivity index (χ0v) is 11.7. The van der Waals surface area contributed by atoms with Crippen LogP contribution in [-0.4, -0.2) is 42.2 Å². The van der Waals surface area contributed by atoms with Crippen LogP contribution < -0.4 is 5.32 Å². The largest absolute Gasteiger partial charge is 0.467 e. The van der Waals surface area contributed by atoms with E-state index in [1.807, 2.05) is 18.2 Å². The second-order valence-electron chi connectivity index (χ2n) is 4.60. The van der Waals surface area contributed by atoms with Crippen LogP contribution in [0.25, 0.3) is 0 Å². The van der Waals surface area contributed by atoms with E-state index in [9.17, 15) is 14.4 Å². The second-order valence-corrected chi connectivity index (χ2v) is 4.60. The summed E-state index contributed by atoms with van der Waals surface area (Å²) in [5.41, 5.74) is 0.808. The quantitative estimate of drug-likeness (QED) is 0.848. The predicted octanol–water partition coefficient (Wildman–Crippen LogP) is 1.28. The summed E-state index contributed by atoms with van der Waals surface area (Å²) in [4.78, 5) is 36.1. The minimum atomic E-state index is -0.883. The summed E-state index contributed by atoms with van der Waals surface area (Å²) >= 11 is 0. The van der Waals surface area contributed by atoms with Crippen molar-refractivity contribution in [1.82, 2.24) is 10.2 Å². The molecule has 0 aromatic heterocycles. The molecule has 112 valence electrons. The molecule has 0 spiro atoms. The fraction of sp³-hybridized carbons (Fsp3) is 0.357. The molecule has 0 saturated carbocycles. The first kappa shape index (κ1) is 14.8. The van der Waals surface area contributed by atoms with E-state index in [1.165, 1.54) is 7.11 Å². The topological polar surface area (TPSA) is 84.9 Å². The van der Waals surface area contributed by atoms with Crippen LogP contribution in [0.5, 0.6) is 0 Å². The minimum absolute atomic E-state index is 0.0546. The van der Waals surface area contributed by atoms with E-state index in [0.29, 0.717) is 0 Å². The number of rotatable bonds is 3. The maximum Gasteiger partial charge on any atom is 0.418 e. The number of carbonyl (C=O) groups excluding carboxylic acids is 3. The Balaban J connectivity index is 1.99. The Bertz CT molecular complexity index is 546. The van der Waals surface area contributed by atoms with Crippen molar-refractivity contribution >= 4 is 18.1 Å². The lowest BCUT2D eigenvalue weighted by Gasteiger charge is -2.19. The van der Waals surface area contributed by atoms with Gasteiger partial charge >= 0.3 is 18.1 Å². The van der Waals surface area contributed by atoms with Gasteiger partial charge in [-0.3, -0.25) is 0 Å². The van der Waals surface area contributed by atoms with Crippen molar-refractivity contribution in [3.63, 3.8) is 0 Å². The van der Waals surface area contributed by atoms with Crippen molar-refractivity contribution < 1.29 is 23.9 Å². The maximum atomic E-state index is 12.0. The Morgan fingerprint density at radius 2 is 1.95 bits per heavy atom. The number of hydrogen-bond acceptors (Lipinski definition) is 5. The number of ether oxygens (including phenoxy) is 2. The third-order valence-corrected chi connectivity index (χ3v) is 3.24. The fourth-order valence-corrected chi connectivity index (χ4v) is 2.08. The van der Waals surface area contributed by atoms with Crippen molar-refractivity contribution in [1.29, 1.82) is 0 Å². The van der Waals surface area contributed by atoms with Crippen LogP contribution in [0, 0.1) is 0 Å². The molecule has 0 radical (unpaired) electrons. The number of carbonyl (C=O) groups is 3. The molecule has 0 aliphatic carbocycles. The molecule has 7 nitrogen and oxygen atoms in total. The first-order valence-electron chi connectivity index (χ1n) is 6.43. The number of urea groups is 1. The number of hydrogen-bond donors (Lipinski definition) is 1. The molecule has 1 N–H and O–H groups in total. The van der Waals surface area contributed by atoms with Crippen LogP contribution in [-0.2, 0) is 20.9 Å². The van der Waals surface area contributed by atoms with E-state index >= 15 is 0 Å². The van der Waals surface area contributed by atoms with Crippen LogP contribution in [0.1, 0.15) is 12.5 Å². The smallest absolute Gasteiger partial charge is 0.418 e. The number of esters is 1. The van der Waals surface area contributed by atoms with Crippen LogP contribution in [0.3, 0.4) is 0 Å². The molecule has 1 aromatic rings.